The van der Waals surface area contributed by atoms with Crippen LogP contribution < -0.4 is 4.72 Å². The number of sulfonamides is 2. The molecule has 142 valence electrons. The summed E-state index contributed by atoms with van der Waals surface area (Å²) in [5.41, 5.74) is -0.201. The van der Waals surface area contributed by atoms with E-state index in [9.17, 15) is 21.2 Å². The summed E-state index contributed by atoms with van der Waals surface area (Å²) in [6, 6.07) is 8.72. The second-order valence-electron chi connectivity index (χ2n) is 5.29. The molecule has 0 aliphatic carbocycles. The Bertz CT molecular complexity index is 989. The van der Waals surface area contributed by atoms with E-state index in [-0.39, 0.29) is 15.5 Å². The number of anilines is 1. The van der Waals surface area contributed by atoms with Gasteiger partial charge in [-0.1, -0.05) is 29.8 Å². The molecule has 0 amide bonds. The number of benzene rings is 2. The highest BCUT2D eigenvalue weighted by atomic mass is 79.9. The van der Waals surface area contributed by atoms with E-state index in [2.05, 4.69) is 20.7 Å². The minimum Gasteiger partial charge on any atom is -0.277 e. The first-order chi connectivity index (χ1) is 12.1. The highest BCUT2D eigenvalue weighted by Gasteiger charge is 2.23. The summed E-state index contributed by atoms with van der Waals surface area (Å²) in [6.07, 6.45) is 0. The molecule has 10 heteroatoms. The molecule has 0 atom stereocenters. The van der Waals surface area contributed by atoms with E-state index in [1.165, 1.54) is 40.7 Å². The maximum Gasteiger partial charge on any atom is 0.261 e. The average molecular weight is 465 g/mol. The van der Waals surface area contributed by atoms with Crippen molar-refractivity contribution < 1.29 is 21.2 Å². The van der Waals surface area contributed by atoms with E-state index in [1.54, 1.807) is 13.8 Å². The summed E-state index contributed by atoms with van der Waals surface area (Å²) in [7, 11) is -7.74. The molecule has 2 aromatic rings. The number of rotatable bonds is 7. The van der Waals surface area contributed by atoms with Crippen LogP contribution in [-0.2, 0) is 20.0 Å². The van der Waals surface area contributed by atoms with Gasteiger partial charge in [-0.2, -0.15) is 4.31 Å². The van der Waals surface area contributed by atoms with Gasteiger partial charge < -0.3 is 0 Å². The van der Waals surface area contributed by atoms with Crippen molar-refractivity contribution in [2.24, 2.45) is 0 Å². The zero-order valence-corrected chi connectivity index (χ0v) is 17.3. The van der Waals surface area contributed by atoms with Crippen molar-refractivity contribution in [1.29, 1.82) is 0 Å². The topological polar surface area (TPSA) is 83.6 Å². The lowest BCUT2D eigenvalue weighted by molar-refractivity contribution is 0.445. The lowest BCUT2D eigenvalue weighted by Gasteiger charge is -2.18. The summed E-state index contributed by atoms with van der Waals surface area (Å²) in [5.74, 6) is -0.733. The third-order valence-corrected chi connectivity index (χ3v) is 7.59. The van der Waals surface area contributed by atoms with Crippen LogP contribution in [0, 0.1) is 5.82 Å². The monoisotopic (exact) mass is 464 g/mol. The lowest BCUT2D eigenvalue weighted by Crippen LogP contribution is -2.30. The van der Waals surface area contributed by atoms with E-state index in [0.29, 0.717) is 17.6 Å². The van der Waals surface area contributed by atoms with Gasteiger partial charge in [0.25, 0.3) is 10.0 Å². The second kappa shape index (κ2) is 8.03. The van der Waals surface area contributed by atoms with Crippen molar-refractivity contribution in [3.8, 4) is 0 Å². The van der Waals surface area contributed by atoms with Crippen molar-refractivity contribution in [2.45, 2.75) is 23.6 Å². The van der Waals surface area contributed by atoms with Crippen LogP contribution in [-0.4, -0.2) is 34.2 Å². The van der Waals surface area contributed by atoms with Crippen molar-refractivity contribution in [3.05, 3.63) is 52.8 Å². The Morgan fingerprint density at radius 3 is 2.00 bits per heavy atom. The lowest BCUT2D eigenvalue weighted by atomic mass is 10.3. The normalized spacial score (nSPS) is 12.3. The van der Waals surface area contributed by atoms with Crippen molar-refractivity contribution in [2.75, 3.05) is 17.8 Å². The van der Waals surface area contributed by atoms with Crippen molar-refractivity contribution in [3.63, 3.8) is 0 Å². The Hall–Kier alpha value is -1.49. The van der Waals surface area contributed by atoms with Crippen molar-refractivity contribution in [1.82, 2.24) is 4.31 Å². The van der Waals surface area contributed by atoms with Gasteiger partial charge in [-0.05, 0) is 42.5 Å². The molecule has 0 spiro atoms. The summed E-state index contributed by atoms with van der Waals surface area (Å²) in [6.45, 7) is 4.06. The maximum absolute atomic E-state index is 13.8. The first-order valence-electron chi connectivity index (χ1n) is 7.70. The smallest absolute Gasteiger partial charge is 0.261 e. The number of halogens is 2. The fourth-order valence-corrected chi connectivity index (χ4v) is 5.14. The average Bonchev–Trinajstić information content (AvgIpc) is 2.58. The van der Waals surface area contributed by atoms with Gasteiger partial charge in [-0.15, -0.1) is 0 Å². The molecule has 0 aliphatic heterocycles. The molecular formula is C16H18BrFN2O4S2. The predicted molar refractivity (Wildman–Crippen MR) is 101 cm³/mol. The molecule has 1 N–H and O–H groups in total. The molecule has 0 fully saturated rings. The highest BCUT2D eigenvalue weighted by Crippen LogP contribution is 2.24. The zero-order valence-electron chi connectivity index (χ0n) is 14.1. The number of nitrogens with zero attached hydrogens (tertiary/aromatic N) is 1. The fourth-order valence-electron chi connectivity index (χ4n) is 2.28. The van der Waals surface area contributed by atoms with Gasteiger partial charge in [0.1, 0.15) is 5.82 Å². The molecule has 0 unspecified atom stereocenters. The summed E-state index contributed by atoms with van der Waals surface area (Å²) in [4.78, 5) is -0.173. The molecular weight excluding hydrogens is 447 g/mol. The van der Waals surface area contributed by atoms with Gasteiger partial charge >= 0.3 is 0 Å². The Kier molecular flexibility index (Phi) is 6.43. The van der Waals surface area contributed by atoms with Gasteiger partial charge in [-0.3, -0.25) is 4.72 Å². The Morgan fingerprint density at radius 1 is 0.962 bits per heavy atom. The Balaban J connectivity index is 2.32. The quantitative estimate of drug-likeness (QED) is 0.680. The van der Waals surface area contributed by atoms with Crippen molar-refractivity contribution >= 4 is 41.7 Å². The number of nitrogens with one attached hydrogen (secondary N) is 1. The first-order valence-corrected chi connectivity index (χ1v) is 11.4. The van der Waals surface area contributed by atoms with Gasteiger partial charge in [0.05, 0.1) is 15.5 Å². The van der Waals surface area contributed by atoms with Gasteiger partial charge in [0, 0.05) is 17.6 Å². The summed E-state index contributed by atoms with van der Waals surface area (Å²) < 4.78 is 67.4. The van der Waals surface area contributed by atoms with E-state index in [0.717, 1.165) is 6.07 Å². The van der Waals surface area contributed by atoms with Crippen LogP contribution in [0.3, 0.4) is 0 Å². The molecule has 0 radical (unpaired) electrons. The molecule has 0 aliphatic rings. The zero-order chi connectivity index (χ0) is 19.5. The Labute approximate surface area is 161 Å². The van der Waals surface area contributed by atoms with E-state index < -0.39 is 25.9 Å². The third-order valence-electron chi connectivity index (χ3n) is 3.65. The minimum absolute atomic E-state index is 0.00466. The van der Waals surface area contributed by atoms with E-state index >= 15 is 0 Å². The van der Waals surface area contributed by atoms with Crippen LogP contribution in [0.25, 0.3) is 0 Å². The summed E-state index contributed by atoms with van der Waals surface area (Å²) in [5, 5.41) is 0. The molecule has 26 heavy (non-hydrogen) atoms. The van der Waals surface area contributed by atoms with Crippen LogP contribution in [0.15, 0.2) is 56.7 Å². The van der Waals surface area contributed by atoms with Gasteiger partial charge in [0.2, 0.25) is 10.0 Å². The summed E-state index contributed by atoms with van der Waals surface area (Å²) >= 11 is 3.09. The van der Waals surface area contributed by atoms with Gasteiger partial charge in [0.15, 0.2) is 0 Å². The van der Waals surface area contributed by atoms with Crippen LogP contribution >= 0.6 is 15.9 Å². The minimum atomic E-state index is -4.06. The largest absolute Gasteiger partial charge is 0.277 e. The van der Waals surface area contributed by atoms with E-state index in [4.69, 9.17) is 0 Å². The SMILES string of the molecule is CCN(CC)S(=O)(=O)c1ccc(S(=O)(=O)Nc2ccc(Br)cc2F)cc1. The standard InChI is InChI=1S/C16H18BrFN2O4S2/c1-3-20(4-2)26(23,24)14-8-6-13(7-9-14)25(21,22)19-16-10-5-12(17)11-15(16)18/h5-11,19H,3-4H2,1-2H3. The van der Waals surface area contributed by atoms with Gasteiger partial charge in [-0.25, -0.2) is 21.2 Å². The molecule has 2 rings (SSSR count). The van der Waals surface area contributed by atoms with Crippen LogP contribution in [0.2, 0.25) is 0 Å². The second-order valence-corrected chi connectivity index (χ2v) is 9.83. The van der Waals surface area contributed by atoms with Crippen LogP contribution in [0.1, 0.15) is 13.8 Å². The highest BCUT2D eigenvalue weighted by molar-refractivity contribution is 9.10. The number of hydrogen-bond acceptors (Lipinski definition) is 4. The maximum atomic E-state index is 13.8. The fraction of sp³-hybridized carbons (Fsp3) is 0.250. The van der Waals surface area contributed by atoms with E-state index in [1.807, 2.05) is 0 Å². The molecule has 2 aromatic carbocycles. The van der Waals surface area contributed by atoms with Crippen LogP contribution in [0.4, 0.5) is 10.1 Å². The molecule has 0 aromatic heterocycles. The molecule has 6 nitrogen and oxygen atoms in total. The first kappa shape index (κ1) is 20.8. The number of hydrogen-bond donors (Lipinski definition) is 1. The molecule has 0 saturated carbocycles. The molecule has 0 bridgehead atoms. The molecule has 0 saturated heterocycles. The third kappa shape index (κ3) is 4.43. The predicted octanol–water partition coefficient (Wildman–Crippen LogP) is 3.42. The Morgan fingerprint density at radius 2 is 1.50 bits per heavy atom. The van der Waals surface area contributed by atoms with Crippen LogP contribution in [0.5, 0.6) is 0 Å². The molecule has 0 heterocycles.